The number of nitrogens with zero attached hydrogens (tertiary/aromatic N) is 3. The molecule has 1 unspecified atom stereocenters. The zero-order valence-electron chi connectivity index (χ0n) is 9.74. The highest BCUT2D eigenvalue weighted by molar-refractivity contribution is 7.15. The molecule has 0 amide bonds. The Kier molecular flexibility index (Phi) is 3.20. The lowest BCUT2D eigenvalue weighted by Gasteiger charge is -2.10. The second kappa shape index (κ2) is 4.47. The smallest absolute Gasteiger partial charge is 0.206 e. The lowest BCUT2D eigenvalue weighted by Crippen LogP contribution is -2.08. The average Bonchev–Trinajstić information content (AvgIpc) is 2.73. The molecule has 2 heterocycles. The van der Waals surface area contributed by atoms with E-state index in [1.807, 2.05) is 13.8 Å². The van der Waals surface area contributed by atoms with Crippen LogP contribution in [0.1, 0.15) is 33.6 Å². The monoisotopic (exact) mass is 254 g/mol. The first-order valence-corrected chi connectivity index (χ1v) is 6.70. The van der Waals surface area contributed by atoms with Crippen molar-refractivity contribution in [1.82, 2.24) is 15.2 Å². The van der Waals surface area contributed by atoms with E-state index in [0.29, 0.717) is 0 Å². The zero-order chi connectivity index (χ0) is 11.7. The number of thiazole rings is 1. The molecule has 86 valence electrons. The van der Waals surface area contributed by atoms with Gasteiger partial charge in [-0.25, -0.2) is 4.98 Å². The summed E-state index contributed by atoms with van der Waals surface area (Å²) in [6.45, 7) is 8.18. The molecule has 0 spiro atoms. The number of nitrogens with one attached hydrogen (secondary N) is 1. The quantitative estimate of drug-likeness (QED) is 0.914. The fraction of sp³-hybridized carbons (Fsp3) is 0.500. The van der Waals surface area contributed by atoms with Crippen molar-refractivity contribution in [2.45, 2.75) is 33.7 Å². The maximum absolute atomic E-state index is 4.53. The third kappa shape index (κ3) is 2.38. The standard InChI is InChI=1S/C10H14N4S2/c1-5(9-6(2)15-7(3)12-9)11-10-14-13-8(4)16-10/h5H,1-4H3,(H,11,14). The summed E-state index contributed by atoms with van der Waals surface area (Å²) >= 11 is 3.30. The molecule has 2 rings (SSSR count). The molecular weight excluding hydrogens is 240 g/mol. The fourth-order valence-corrected chi connectivity index (χ4v) is 3.15. The van der Waals surface area contributed by atoms with Crippen molar-refractivity contribution >= 4 is 27.8 Å². The second-order valence-corrected chi connectivity index (χ2v) is 6.26. The summed E-state index contributed by atoms with van der Waals surface area (Å²) in [6, 6.07) is 0.178. The molecule has 6 heteroatoms. The van der Waals surface area contributed by atoms with Gasteiger partial charge in [0.25, 0.3) is 0 Å². The summed E-state index contributed by atoms with van der Waals surface area (Å²) in [5.41, 5.74) is 1.11. The highest BCUT2D eigenvalue weighted by atomic mass is 32.1. The minimum atomic E-state index is 0.178. The molecular formula is C10H14N4S2. The van der Waals surface area contributed by atoms with Crippen molar-refractivity contribution in [2.75, 3.05) is 5.32 Å². The molecule has 1 N–H and O–H groups in total. The van der Waals surface area contributed by atoms with Gasteiger partial charge in [-0.05, 0) is 27.7 Å². The van der Waals surface area contributed by atoms with E-state index in [2.05, 4.69) is 34.3 Å². The van der Waals surface area contributed by atoms with E-state index < -0.39 is 0 Å². The Hall–Kier alpha value is -1.01. The fourth-order valence-electron chi connectivity index (χ4n) is 1.56. The summed E-state index contributed by atoms with van der Waals surface area (Å²) in [5.74, 6) is 0. The lowest BCUT2D eigenvalue weighted by molar-refractivity contribution is 0.829. The topological polar surface area (TPSA) is 50.7 Å². The van der Waals surface area contributed by atoms with Crippen LogP contribution in [0.3, 0.4) is 0 Å². The molecule has 4 nitrogen and oxygen atoms in total. The number of hydrogen-bond donors (Lipinski definition) is 1. The molecule has 0 aliphatic heterocycles. The van der Waals surface area contributed by atoms with Gasteiger partial charge in [0.1, 0.15) is 5.01 Å². The van der Waals surface area contributed by atoms with Crippen molar-refractivity contribution in [3.8, 4) is 0 Å². The van der Waals surface area contributed by atoms with Crippen molar-refractivity contribution < 1.29 is 0 Å². The molecule has 0 aliphatic carbocycles. The van der Waals surface area contributed by atoms with Gasteiger partial charge in [-0.1, -0.05) is 11.3 Å². The van der Waals surface area contributed by atoms with Crippen molar-refractivity contribution in [3.05, 3.63) is 20.6 Å². The molecule has 16 heavy (non-hydrogen) atoms. The molecule has 1 atom stereocenters. The van der Waals surface area contributed by atoms with Crippen LogP contribution in [0.15, 0.2) is 0 Å². The second-order valence-electron chi connectivity index (χ2n) is 3.67. The first-order valence-electron chi connectivity index (χ1n) is 5.07. The molecule has 0 saturated heterocycles. The molecule has 0 radical (unpaired) electrons. The van der Waals surface area contributed by atoms with E-state index >= 15 is 0 Å². The lowest BCUT2D eigenvalue weighted by atomic mass is 10.2. The number of anilines is 1. The van der Waals surface area contributed by atoms with Crippen molar-refractivity contribution in [3.63, 3.8) is 0 Å². The van der Waals surface area contributed by atoms with Crippen LogP contribution in [-0.4, -0.2) is 15.2 Å². The number of rotatable bonds is 3. The van der Waals surface area contributed by atoms with Gasteiger partial charge in [0.15, 0.2) is 0 Å². The SMILES string of the molecule is Cc1nnc(NC(C)c2nc(C)sc2C)s1. The van der Waals surface area contributed by atoms with Gasteiger partial charge in [-0.2, -0.15) is 0 Å². The van der Waals surface area contributed by atoms with Gasteiger partial charge in [0.2, 0.25) is 5.13 Å². The molecule has 2 aromatic heterocycles. The van der Waals surface area contributed by atoms with E-state index in [4.69, 9.17) is 0 Å². The summed E-state index contributed by atoms with van der Waals surface area (Å²) in [5, 5.41) is 14.3. The van der Waals surface area contributed by atoms with Crippen molar-refractivity contribution in [2.24, 2.45) is 0 Å². The van der Waals surface area contributed by atoms with Crippen LogP contribution in [0.5, 0.6) is 0 Å². The van der Waals surface area contributed by atoms with Gasteiger partial charge in [-0.3, -0.25) is 0 Å². The summed E-state index contributed by atoms with van der Waals surface area (Å²) < 4.78 is 0. The largest absolute Gasteiger partial charge is 0.352 e. The van der Waals surface area contributed by atoms with E-state index in [-0.39, 0.29) is 6.04 Å². The van der Waals surface area contributed by atoms with E-state index in [9.17, 15) is 0 Å². The molecule has 2 aromatic rings. The Morgan fingerprint density at radius 3 is 2.31 bits per heavy atom. The Morgan fingerprint density at radius 2 is 1.81 bits per heavy atom. The van der Waals surface area contributed by atoms with E-state index in [0.717, 1.165) is 20.8 Å². The molecule has 0 aliphatic rings. The summed E-state index contributed by atoms with van der Waals surface area (Å²) in [7, 11) is 0. The molecule has 0 fully saturated rings. The van der Waals surface area contributed by atoms with Crippen LogP contribution < -0.4 is 5.32 Å². The van der Waals surface area contributed by atoms with E-state index in [1.165, 1.54) is 4.88 Å². The summed E-state index contributed by atoms with van der Waals surface area (Å²) in [6.07, 6.45) is 0. The number of hydrogen-bond acceptors (Lipinski definition) is 6. The van der Waals surface area contributed by atoms with Gasteiger partial charge < -0.3 is 5.32 Å². The minimum Gasteiger partial charge on any atom is -0.352 e. The number of aromatic nitrogens is 3. The van der Waals surface area contributed by atoms with Gasteiger partial charge in [0.05, 0.1) is 16.7 Å². The normalized spacial score (nSPS) is 12.8. The van der Waals surface area contributed by atoms with Gasteiger partial charge >= 0.3 is 0 Å². The maximum atomic E-state index is 4.53. The van der Waals surface area contributed by atoms with Crippen LogP contribution in [0.4, 0.5) is 5.13 Å². The maximum Gasteiger partial charge on any atom is 0.206 e. The Labute approximate surface area is 103 Å². The number of aryl methyl sites for hydroxylation is 3. The predicted molar refractivity (Wildman–Crippen MR) is 68.3 cm³/mol. The third-order valence-corrected chi connectivity index (χ3v) is 3.89. The third-order valence-electron chi connectivity index (χ3n) is 2.22. The zero-order valence-corrected chi connectivity index (χ0v) is 11.4. The first kappa shape index (κ1) is 11.5. The van der Waals surface area contributed by atoms with Crippen LogP contribution in [0.25, 0.3) is 0 Å². The van der Waals surface area contributed by atoms with E-state index in [1.54, 1.807) is 22.7 Å². The van der Waals surface area contributed by atoms with Gasteiger partial charge in [-0.15, -0.1) is 21.5 Å². The highest BCUT2D eigenvalue weighted by Gasteiger charge is 2.14. The Balaban J connectivity index is 2.14. The van der Waals surface area contributed by atoms with Crippen LogP contribution in [0.2, 0.25) is 0 Å². The van der Waals surface area contributed by atoms with Crippen LogP contribution in [0, 0.1) is 20.8 Å². The van der Waals surface area contributed by atoms with Crippen LogP contribution >= 0.6 is 22.7 Å². The molecule has 0 bridgehead atoms. The van der Waals surface area contributed by atoms with Gasteiger partial charge in [0, 0.05) is 4.88 Å². The Bertz CT molecular complexity index is 489. The molecule has 0 saturated carbocycles. The first-order chi connectivity index (χ1) is 7.56. The average molecular weight is 254 g/mol. The van der Waals surface area contributed by atoms with Crippen LogP contribution in [-0.2, 0) is 0 Å². The predicted octanol–water partition coefficient (Wildman–Crippen LogP) is 3.09. The summed E-state index contributed by atoms with van der Waals surface area (Å²) in [4.78, 5) is 5.79. The minimum absolute atomic E-state index is 0.178. The van der Waals surface area contributed by atoms with Crippen molar-refractivity contribution in [1.29, 1.82) is 0 Å². The molecule has 0 aromatic carbocycles. The highest BCUT2D eigenvalue weighted by Crippen LogP contribution is 2.26. The Morgan fingerprint density at radius 1 is 1.06 bits per heavy atom.